The van der Waals surface area contributed by atoms with Gasteiger partial charge < -0.3 is 4.74 Å². The van der Waals surface area contributed by atoms with Crippen molar-refractivity contribution in [1.82, 2.24) is 10.9 Å². The summed E-state index contributed by atoms with van der Waals surface area (Å²) in [5.41, 5.74) is 5.95. The maximum atomic E-state index is 12.5. The number of carbonyl (C=O) groups is 3. The number of methoxy groups -OCH3 is 1. The number of ether oxygens (including phenoxy) is 1. The number of para-hydroxylation sites is 2. The Morgan fingerprint density at radius 3 is 2.48 bits per heavy atom. The average Bonchev–Trinajstić information content (AvgIpc) is 2.93. The third-order valence-corrected chi connectivity index (χ3v) is 3.87. The van der Waals surface area contributed by atoms with Gasteiger partial charge in [-0.05, 0) is 24.3 Å². The van der Waals surface area contributed by atoms with Crippen LogP contribution in [0.3, 0.4) is 0 Å². The highest BCUT2D eigenvalue weighted by molar-refractivity contribution is 6.22. The number of nitrogens with one attached hydrogen (secondary N) is 2. The second-order valence-electron chi connectivity index (χ2n) is 5.46. The fourth-order valence-electron chi connectivity index (χ4n) is 2.65. The highest BCUT2D eigenvalue weighted by Crippen LogP contribution is 2.22. The van der Waals surface area contributed by atoms with Crippen LogP contribution < -0.4 is 20.5 Å². The Balaban J connectivity index is 1.67. The second kappa shape index (κ2) is 7.14. The molecule has 0 radical (unpaired) electrons. The zero-order valence-electron chi connectivity index (χ0n) is 13.6. The zero-order valence-corrected chi connectivity index (χ0v) is 13.6. The molecule has 0 aromatic heterocycles. The maximum absolute atomic E-state index is 12.5. The molecule has 128 valence electrons. The van der Waals surface area contributed by atoms with Crippen molar-refractivity contribution in [1.29, 1.82) is 0 Å². The number of amides is 3. The maximum Gasteiger partial charge on any atom is 0.269 e. The van der Waals surface area contributed by atoms with Gasteiger partial charge in [-0.1, -0.05) is 30.3 Å². The van der Waals surface area contributed by atoms with Crippen molar-refractivity contribution in [3.05, 3.63) is 60.2 Å². The van der Waals surface area contributed by atoms with E-state index in [2.05, 4.69) is 10.9 Å². The number of hydrogen-bond donors (Lipinski definition) is 2. The van der Waals surface area contributed by atoms with Crippen molar-refractivity contribution in [2.75, 3.05) is 12.0 Å². The molecule has 0 aliphatic carbocycles. The number of nitrogens with zero attached hydrogens (tertiary/aromatic N) is 1. The van der Waals surface area contributed by atoms with Gasteiger partial charge in [0, 0.05) is 0 Å². The van der Waals surface area contributed by atoms with Gasteiger partial charge in [-0.15, -0.1) is 0 Å². The van der Waals surface area contributed by atoms with Crippen LogP contribution in [0, 0.1) is 0 Å². The summed E-state index contributed by atoms with van der Waals surface area (Å²) in [6, 6.07) is 14.6. The van der Waals surface area contributed by atoms with Crippen LogP contribution in [0.1, 0.15) is 16.8 Å². The van der Waals surface area contributed by atoms with Gasteiger partial charge in [0.2, 0.25) is 5.91 Å². The molecule has 1 saturated heterocycles. The second-order valence-corrected chi connectivity index (χ2v) is 5.46. The number of benzene rings is 2. The summed E-state index contributed by atoms with van der Waals surface area (Å²) in [5, 5.41) is 0. The summed E-state index contributed by atoms with van der Waals surface area (Å²) < 4.78 is 5.13. The van der Waals surface area contributed by atoms with Crippen LogP contribution >= 0.6 is 0 Å². The molecule has 25 heavy (non-hydrogen) atoms. The lowest BCUT2D eigenvalue weighted by molar-refractivity contribution is -0.121. The highest BCUT2D eigenvalue weighted by Gasteiger charge is 2.39. The van der Waals surface area contributed by atoms with E-state index in [-0.39, 0.29) is 12.3 Å². The van der Waals surface area contributed by atoms with Crippen molar-refractivity contribution in [2.24, 2.45) is 0 Å². The molecule has 7 heteroatoms. The van der Waals surface area contributed by atoms with Gasteiger partial charge in [0.15, 0.2) is 0 Å². The van der Waals surface area contributed by atoms with Crippen molar-refractivity contribution in [3.63, 3.8) is 0 Å². The van der Waals surface area contributed by atoms with Gasteiger partial charge >= 0.3 is 0 Å². The minimum Gasteiger partial charge on any atom is -0.496 e. The first kappa shape index (κ1) is 16.7. The molecule has 7 nitrogen and oxygen atoms in total. The van der Waals surface area contributed by atoms with Gasteiger partial charge in [-0.3, -0.25) is 19.8 Å². The Hall–Kier alpha value is -3.19. The smallest absolute Gasteiger partial charge is 0.269 e. The third-order valence-electron chi connectivity index (χ3n) is 3.87. The molecule has 1 heterocycles. The van der Waals surface area contributed by atoms with E-state index in [0.29, 0.717) is 17.0 Å². The Bertz CT molecular complexity index is 807. The predicted octanol–water partition coefficient (Wildman–Crippen LogP) is 1.26. The molecule has 1 aliphatic heterocycles. The Kier molecular flexibility index (Phi) is 4.76. The van der Waals surface area contributed by atoms with Crippen molar-refractivity contribution in [3.8, 4) is 5.75 Å². The molecule has 2 aromatic carbocycles. The normalized spacial score (nSPS) is 16.8. The number of hydrazine groups is 1. The quantitative estimate of drug-likeness (QED) is 0.632. The van der Waals surface area contributed by atoms with Crippen molar-refractivity contribution >= 4 is 23.4 Å². The molecule has 1 unspecified atom stereocenters. The van der Waals surface area contributed by atoms with E-state index in [1.54, 1.807) is 54.6 Å². The molecule has 2 aromatic rings. The average molecular weight is 339 g/mol. The summed E-state index contributed by atoms with van der Waals surface area (Å²) in [4.78, 5) is 38.0. The number of imide groups is 1. The molecule has 3 amide bonds. The van der Waals surface area contributed by atoms with Crippen LogP contribution in [0.4, 0.5) is 5.69 Å². The van der Waals surface area contributed by atoms with Crippen LogP contribution in [0.5, 0.6) is 5.75 Å². The molecule has 2 N–H and O–H groups in total. The fourth-order valence-corrected chi connectivity index (χ4v) is 2.65. The highest BCUT2D eigenvalue weighted by atomic mass is 16.5. The van der Waals surface area contributed by atoms with Gasteiger partial charge in [0.1, 0.15) is 11.8 Å². The molecular weight excluding hydrogens is 322 g/mol. The van der Waals surface area contributed by atoms with Crippen LogP contribution in [0.2, 0.25) is 0 Å². The SMILES string of the molecule is COc1ccccc1C(=O)NNC1CC(=O)N(c2ccccc2)C1=O. The molecule has 0 saturated carbocycles. The Morgan fingerprint density at radius 2 is 1.76 bits per heavy atom. The monoisotopic (exact) mass is 339 g/mol. The van der Waals surface area contributed by atoms with E-state index in [4.69, 9.17) is 4.74 Å². The first-order valence-electron chi connectivity index (χ1n) is 7.72. The van der Waals surface area contributed by atoms with Crippen LogP contribution in [0.15, 0.2) is 54.6 Å². The number of hydrogen-bond acceptors (Lipinski definition) is 5. The van der Waals surface area contributed by atoms with Crippen molar-refractivity contribution in [2.45, 2.75) is 12.5 Å². The molecule has 3 rings (SSSR count). The summed E-state index contributed by atoms with van der Waals surface area (Å²) in [7, 11) is 1.47. The van der Waals surface area contributed by atoms with Gasteiger partial charge in [-0.25, -0.2) is 10.3 Å². The number of anilines is 1. The van der Waals surface area contributed by atoms with Crippen LogP contribution in [-0.2, 0) is 9.59 Å². The summed E-state index contributed by atoms with van der Waals surface area (Å²) in [5.74, 6) is -0.755. The lowest BCUT2D eigenvalue weighted by atomic mass is 10.2. The molecular formula is C18H17N3O4. The first-order valence-corrected chi connectivity index (χ1v) is 7.72. The van der Waals surface area contributed by atoms with Gasteiger partial charge in [0.25, 0.3) is 11.8 Å². The minimum atomic E-state index is -0.814. The summed E-state index contributed by atoms with van der Waals surface area (Å²) in [6.45, 7) is 0. The van der Waals surface area contributed by atoms with E-state index >= 15 is 0 Å². The Labute approximate surface area is 144 Å². The van der Waals surface area contributed by atoms with E-state index in [0.717, 1.165) is 4.90 Å². The first-order chi connectivity index (χ1) is 12.1. The van der Waals surface area contributed by atoms with E-state index < -0.39 is 17.9 Å². The van der Waals surface area contributed by atoms with E-state index in [9.17, 15) is 14.4 Å². The largest absolute Gasteiger partial charge is 0.496 e. The van der Waals surface area contributed by atoms with Gasteiger partial charge in [-0.2, -0.15) is 0 Å². The molecule has 0 spiro atoms. The summed E-state index contributed by atoms with van der Waals surface area (Å²) >= 11 is 0. The van der Waals surface area contributed by atoms with E-state index in [1.165, 1.54) is 7.11 Å². The van der Waals surface area contributed by atoms with Crippen LogP contribution in [-0.4, -0.2) is 30.9 Å². The molecule has 0 bridgehead atoms. The minimum absolute atomic E-state index is 0.0278. The standard InChI is InChI=1S/C18H17N3O4/c1-25-15-10-6-5-9-13(15)17(23)20-19-14-11-16(22)21(18(14)24)12-7-3-2-4-8-12/h2-10,14,19H,11H2,1H3,(H,20,23). The molecule has 1 atom stereocenters. The number of carbonyl (C=O) groups excluding carboxylic acids is 3. The molecule has 1 fully saturated rings. The number of rotatable bonds is 5. The van der Waals surface area contributed by atoms with Crippen LogP contribution in [0.25, 0.3) is 0 Å². The lowest BCUT2D eigenvalue weighted by Crippen LogP contribution is -2.48. The lowest BCUT2D eigenvalue weighted by Gasteiger charge is -2.16. The predicted molar refractivity (Wildman–Crippen MR) is 90.9 cm³/mol. The summed E-state index contributed by atoms with van der Waals surface area (Å²) in [6.07, 6.45) is -0.0278. The zero-order chi connectivity index (χ0) is 17.8. The van der Waals surface area contributed by atoms with Gasteiger partial charge in [0.05, 0.1) is 24.8 Å². The third kappa shape index (κ3) is 3.36. The fraction of sp³-hybridized carbons (Fsp3) is 0.167. The Morgan fingerprint density at radius 1 is 1.08 bits per heavy atom. The van der Waals surface area contributed by atoms with Crippen molar-refractivity contribution < 1.29 is 19.1 Å². The van der Waals surface area contributed by atoms with E-state index in [1.807, 2.05) is 0 Å². The molecule has 1 aliphatic rings. The topological polar surface area (TPSA) is 87.7 Å².